The molecule has 2 aromatic rings. The van der Waals surface area contributed by atoms with Crippen molar-refractivity contribution in [3.05, 3.63) is 33.5 Å². The second kappa shape index (κ2) is 4.05. The molecule has 5 nitrogen and oxygen atoms in total. The molecule has 0 saturated heterocycles. The largest absolute Gasteiger partial charge is 0.478 e. The van der Waals surface area contributed by atoms with Gasteiger partial charge in [-0.3, -0.25) is 4.68 Å². The Morgan fingerprint density at radius 3 is 2.81 bits per heavy atom. The summed E-state index contributed by atoms with van der Waals surface area (Å²) < 4.78 is 1.60. The topological polar surface area (TPSA) is 68.0 Å². The average Bonchev–Trinajstić information content (AvgIpc) is 2.73. The van der Waals surface area contributed by atoms with Gasteiger partial charge >= 0.3 is 5.97 Å². The summed E-state index contributed by atoms with van der Waals surface area (Å²) in [6.45, 7) is 4.13. The van der Waals surface area contributed by atoms with Crippen molar-refractivity contribution in [1.29, 1.82) is 0 Å². The predicted molar refractivity (Wildman–Crippen MR) is 59.9 cm³/mol. The molecule has 2 rings (SSSR count). The maximum Gasteiger partial charge on any atom is 0.339 e. The van der Waals surface area contributed by atoms with Gasteiger partial charge in [-0.05, 0) is 13.8 Å². The number of hydrogen-bond donors (Lipinski definition) is 1. The number of rotatable bonds is 3. The molecule has 0 aromatic carbocycles. The van der Waals surface area contributed by atoms with Crippen molar-refractivity contribution < 1.29 is 9.90 Å². The first kappa shape index (κ1) is 10.8. The maximum atomic E-state index is 10.8. The summed E-state index contributed by atoms with van der Waals surface area (Å²) in [5, 5.41) is 16.0. The zero-order valence-corrected chi connectivity index (χ0v) is 9.78. The first-order valence-electron chi connectivity index (χ1n) is 4.74. The fourth-order valence-corrected chi connectivity index (χ4v) is 2.06. The van der Waals surface area contributed by atoms with Crippen molar-refractivity contribution in [2.75, 3.05) is 0 Å². The van der Waals surface area contributed by atoms with Crippen molar-refractivity contribution in [3.63, 3.8) is 0 Å². The molecule has 0 atom stereocenters. The van der Waals surface area contributed by atoms with Crippen LogP contribution >= 0.6 is 11.3 Å². The first-order valence-corrected chi connectivity index (χ1v) is 5.62. The van der Waals surface area contributed by atoms with Crippen LogP contribution in [0.2, 0.25) is 0 Å². The third-order valence-electron chi connectivity index (χ3n) is 2.17. The van der Waals surface area contributed by atoms with Crippen LogP contribution in [0, 0.1) is 13.8 Å². The van der Waals surface area contributed by atoms with E-state index in [1.165, 1.54) is 6.20 Å². The van der Waals surface area contributed by atoms with Crippen LogP contribution in [-0.2, 0) is 6.54 Å². The Bertz CT molecular complexity index is 530. The molecule has 0 fully saturated rings. The first-order chi connectivity index (χ1) is 7.56. The summed E-state index contributed by atoms with van der Waals surface area (Å²) >= 11 is 1.57. The van der Waals surface area contributed by atoms with Gasteiger partial charge in [-0.2, -0.15) is 5.10 Å². The van der Waals surface area contributed by atoms with E-state index in [-0.39, 0.29) is 5.56 Å². The third-order valence-corrected chi connectivity index (χ3v) is 2.99. The predicted octanol–water partition coefficient (Wildman–Crippen LogP) is 1.70. The van der Waals surface area contributed by atoms with Gasteiger partial charge in [-0.1, -0.05) is 0 Å². The maximum absolute atomic E-state index is 10.8. The SMILES string of the molecule is Cc1nc(Cn2cc(C(=O)O)c(C)n2)cs1. The minimum atomic E-state index is -0.946. The van der Waals surface area contributed by atoms with Crippen molar-refractivity contribution in [3.8, 4) is 0 Å². The highest BCUT2D eigenvalue weighted by atomic mass is 32.1. The van der Waals surface area contributed by atoms with Crippen molar-refractivity contribution in [1.82, 2.24) is 14.8 Å². The van der Waals surface area contributed by atoms with Crippen LogP contribution in [0.3, 0.4) is 0 Å². The van der Waals surface area contributed by atoms with E-state index in [0.717, 1.165) is 10.7 Å². The molecule has 0 amide bonds. The van der Waals surface area contributed by atoms with E-state index in [1.807, 2.05) is 12.3 Å². The molecular weight excluding hydrogens is 226 g/mol. The Kier molecular flexibility index (Phi) is 2.74. The van der Waals surface area contributed by atoms with Crippen LogP contribution in [0.25, 0.3) is 0 Å². The smallest absolute Gasteiger partial charge is 0.339 e. The molecule has 0 aliphatic carbocycles. The highest BCUT2D eigenvalue weighted by Gasteiger charge is 2.12. The molecule has 2 aromatic heterocycles. The number of carboxylic acids is 1. The normalized spacial score (nSPS) is 10.6. The lowest BCUT2D eigenvalue weighted by molar-refractivity contribution is 0.0696. The molecule has 0 radical (unpaired) electrons. The molecule has 0 saturated carbocycles. The molecular formula is C10H11N3O2S. The molecule has 0 aliphatic rings. The van der Waals surface area contributed by atoms with Gasteiger partial charge in [0.2, 0.25) is 0 Å². The fourth-order valence-electron chi connectivity index (χ4n) is 1.46. The van der Waals surface area contributed by atoms with Crippen molar-refractivity contribution in [2.24, 2.45) is 0 Å². The van der Waals surface area contributed by atoms with E-state index < -0.39 is 5.97 Å². The molecule has 0 aliphatic heterocycles. The second-order valence-corrected chi connectivity index (χ2v) is 4.55. The molecule has 0 bridgehead atoms. The standard InChI is InChI=1S/C10H11N3O2S/c1-6-9(10(14)15)4-13(12-6)3-8-5-16-7(2)11-8/h4-5H,3H2,1-2H3,(H,14,15). The molecule has 84 valence electrons. The minimum absolute atomic E-state index is 0.243. The summed E-state index contributed by atoms with van der Waals surface area (Å²) in [7, 11) is 0. The zero-order valence-electron chi connectivity index (χ0n) is 8.97. The summed E-state index contributed by atoms with van der Waals surface area (Å²) in [4.78, 5) is 15.1. The van der Waals surface area contributed by atoms with Gasteiger partial charge in [-0.15, -0.1) is 11.3 Å². The van der Waals surface area contributed by atoms with E-state index in [1.54, 1.807) is 22.9 Å². The third kappa shape index (κ3) is 2.11. The number of aryl methyl sites for hydroxylation is 2. The highest BCUT2D eigenvalue weighted by molar-refractivity contribution is 7.09. The highest BCUT2D eigenvalue weighted by Crippen LogP contribution is 2.11. The molecule has 0 spiro atoms. The Hall–Kier alpha value is -1.69. The lowest BCUT2D eigenvalue weighted by Crippen LogP contribution is -2.00. The number of aromatic nitrogens is 3. The quantitative estimate of drug-likeness (QED) is 0.882. The molecule has 0 unspecified atom stereocenters. The number of thiazole rings is 1. The van der Waals surface area contributed by atoms with Gasteiger partial charge in [0.25, 0.3) is 0 Å². The lowest BCUT2D eigenvalue weighted by atomic mass is 10.3. The van der Waals surface area contributed by atoms with Crippen LogP contribution in [0.4, 0.5) is 0 Å². The van der Waals surface area contributed by atoms with E-state index in [9.17, 15) is 4.79 Å². The van der Waals surface area contributed by atoms with Gasteiger partial charge in [0.1, 0.15) is 5.56 Å². The summed E-state index contributed by atoms with van der Waals surface area (Å²) in [6, 6.07) is 0. The number of aromatic carboxylic acids is 1. The van der Waals surface area contributed by atoms with E-state index in [2.05, 4.69) is 10.1 Å². The fraction of sp³-hybridized carbons (Fsp3) is 0.300. The van der Waals surface area contributed by atoms with Gasteiger partial charge in [-0.25, -0.2) is 9.78 Å². The second-order valence-electron chi connectivity index (χ2n) is 3.49. The van der Waals surface area contributed by atoms with E-state index in [0.29, 0.717) is 12.2 Å². The van der Waals surface area contributed by atoms with Crippen LogP contribution in [0.15, 0.2) is 11.6 Å². The van der Waals surface area contributed by atoms with Crippen LogP contribution in [-0.4, -0.2) is 25.8 Å². The van der Waals surface area contributed by atoms with Crippen molar-refractivity contribution in [2.45, 2.75) is 20.4 Å². The molecule has 2 heterocycles. The van der Waals surface area contributed by atoms with Crippen molar-refractivity contribution >= 4 is 17.3 Å². The summed E-state index contributed by atoms with van der Waals surface area (Å²) in [6.07, 6.45) is 1.53. The zero-order chi connectivity index (χ0) is 11.7. The molecule has 1 N–H and O–H groups in total. The average molecular weight is 237 g/mol. The summed E-state index contributed by atoms with van der Waals surface area (Å²) in [5.74, 6) is -0.946. The van der Waals surface area contributed by atoms with Crippen LogP contribution in [0.5, 0.6) is 0 Å². The number of nitrogens with zero attached hydrogens (tertiary/aromatic N) is 3. The van der Waals surface area contributed by atoms with Crippen LogP contribution < -0.4 is 0 Å². The van der Waals surface area contributed by atoms with Gasteiger partial charge in [0.15, 0.2) is 0 Å². The van der Waals surface area contributed by atoms with Gasteiger partial charge in [0.05, 0.1) is 22.9 Å². The van der Waals surface area contributed by atoms with E-state index in [4.69, 9.17) is 5.11 Å². The monoisotopic (exact) mass is 237 g/mol. The van der Waals surface area contributed by atoms with Crippen LogP contribution in [0.1, 0.15) is 26.8 Å². The number of hydrogen-bond acceptors (Lipinski definition) is 4. The van der Waals surface area contributed by atoms with E-state index >= 15 is 0 Å². The Labute approximate surface area is 96.4 Å². The Balaban J connectivity index is 2.22. The number of carbonyl (C=O) groups is 1. The molecule has 6 heteroatoms. The summed E-state index contributed by atoms with van der Waals surface area (Å²) in [5.41, 5.74) is 1.67. The van der Waals surface area contributed by atoms with Gasteiger partial charge in [0, 0.05) is 11.6 Å². The Morgan fingerprint density at radius 2 is 2.31 bits per heavy atom. The number of carboxylic acid groups (broad SMARTS) is 1. The molecule has 16 heavy (non-hydrogen) atoms. The Morgan fingerprint density at radius 1 is 1.56 bits per heavy atom. The lowest BCUT2D eigenvalue weighted by Gasteiger charge is -1.95. The minimum Gasteiger partial charge on any atom is -0.478 e. The van der Waals surface area contributed by atoms with Gasteiger partial charge < -0.3 is 5.11 Å².